The van der Waals surface area contributed by atoms with Gasteiger partial charge in [0.1, 0.15) is 0 Å². The van der Waals surface area contributed by atoms with Gasteiger partial charge in [-0.15, -0.1) is 0 Å². The summed E-state index contributed by atoms with van der Waals surface area (Å²) < 4.78 is 11.6. The maximum absolute atomic E-state index is 5.96. The standard InChI is InChI=1S/C14H18O2/c1-9-4-5-12-11(6-9)7-14(3)8-15-10(2)16-13(12)14/h4-6,10,13H,7-8H2,1-3H3/t10-,13+,14+/m1/s1. The maximum atomic E-state index is 5.96. The number of aryl methyl sites for hydroxylation is 1. The lowest BCUT2D eigenvalue weighted by Crippen LogP contribution is -2.39. The highest BCUT2D eigenvalue weighted by molar-refractivity contribution is 5.40. The van der Waals surface area contributed by atoms with Gasteiger partial charge in [-0.2, -0.15) is 0 Å². The van der Waals surface area contributed by atoms with Gasteiger partial charge in [-0.1, -0.05) is 30.7 Å². The van der Waals surface area contributed by atoms with E-state index in [1.807, 2.05) is 6.92 Å². The van der Waals surface area contributed by atoms with Crippen LogP contribution in [0.4, 0.5) is 0 Å². The second-order valence-corrected chi connectivity index (χ2v) is 5.43. The van der Waals surface area contributed by atoms with Crippen molar-refractivity contribution in [3.63, 3.8) is 0 Å². The summed E-state index contributed by atoms with van der Waals surface area (Å²) >= 11 is 0. The summed E-state index contributed by atoms with van der Waals surface area (Å²) in [4.78, 5) is 0. The molecule has 1 saturated heterocycles. The fraction of sp³-hybridized carbons (Fsp3) is 0.571. The Kier molecular flexibility index (Phi) is 2.13. The number of hydrogen-bond donors (Lipinski definition) is 0. The highest BCUT2D eigenvalue weighted by Gasteiger charge is 2.47. The van der Waals surface area contributed by atoms with Crippen LogP contribution in [0.3, 0.4) is 0 Å². The van der Waals surface area contributed by atoms with Gasteiger partial charge in [-0.25, -0.2) is 0 Å². The fourth-order valence-corrected chi connectivity index (χ4v) is 2.95. The third kappa shape index (κ3) is 1.40. The Labute approximate surface area is 96.6 Å². The predicted molar refractivity (Wildman–Crippen MR) is 62.2 cm³/mol. The Morgan fingerprint density at radius 2 is 2.19 bits per heavy atom. The number of fused-ring (bicyclic) bond motifs is 3. The van der Waals surface area contributed by atoms with Crippen molar-refractivity contribution in [2.45, 2.75) is 39.6 Å². The van der Waals surface area contributed by atoms with Crippen LogP contribution in [0.1, 0.15) is 36.6 Å². The van der Waals surface area contributed by atoms with Gasteiger partial charge >= 0.3 is 0 Å². The number of benzene rings is 1. The molecule has 0 aromatic heterocycles. The first-order valence-corrected chi connectivity index (χ1v) is 5.95. The Morgan fingerprint density at radius 3 is 3.00 bits per heavy atom. The average Bonchev–Trinajstić information content (AvgIpc) is 2.50. The molecular formula is C14H18O2. The third-order valence-corrected chi connectivity index (χ3v) is 3.78. The topological polar surface area (TPSA) is 18.5 Å². The zero-order valence-electron chi connectivity index (χ0n) is 10.1. The van der Waals surface area contributed by atoms with Crippen LogP contribution in [0.5, 0.6) is 0 Å². The van der Waals surface area contributed by atoms with E-state index in [2.05, 4.69) is 32.0 Å². The first kappa shape index (κ1) is 10.3. The number of rotatable bonds is 0. The minimum Gasteiger partial charge on any atom is -0.352 e. The molecule has 2 nitrogen and oxygen atoms in total. The SMILES string of the molecule is Cc1ccc2c(c1)C[C@@]1(C)CO[C@@H](C)O[C@@H]21. The van der Waals surface area contributed by atoms with Crippen LogP contribution in [0.2, 0.25) is 0 Å². The minimum absolute atomic E-state index is 0.0784. The Morgan fingerprint density at radius 1 is 1.38 bits per heavy atom. The highest BCUT2D eigenvalue weighted by Crippen LogP contribution is 2.50. The molecular weight excluding hydrogens is 200 g/mol. The number of ether oxygens (including phenoxy) is 2. The van der Waals surface area contributed by atoms with Crippen molar-refractivity contribution in [2.75, 3.05) is 6.61 Å². The van der Waals surface area contributed by atoms with Gasteiger partial charge in [-0.3, -0.25) is 0 Å². The van der Waals surface area contributed by atoms with Crippen molar-refractivity contribution in [2.24, 2.45) is 5.41 Å². The molecule has 86 valence electrons. The Balaban J connectivity index is 2.04. The van der Waals surface area contributed by atoms with Crippen molar-refractivity contribution in [3.05, 3.63) is 34.9 Å². The molecule has 16 heavy (non-hydrogen) atoms. The van der Waals surface area contributed by atoms with Gasteiger partial charge in [-0.05, 0) is 31.4 Å². The van der Waals surface area contributed by atoms with Crippen LogP contribution in [-0.2, 0) is 15.9 Å². The van der Waals surface area contributed by atoms with Crippen LogP contribution in [-0.4, -0.2) is 12.9 Å². The summed E-state index contributed by atoms with van der Waals surface area (Å²) in [6, 6.07) is 6.68. The number of hydrogen-bond acceptors (Lipinski definition) is 2. The molecule has 1 heterocycles. The summed E-state index contributed by atoms with van der Waals surface area (Å²) in [7, 11) is 0. The van der Waals surface area contributed by atoms with E-state index < -0.39 is 0 Å². The first-order chi connectivity index (χ1) is 7.58. The monoisotopic (exact) mass is 218 g/mol. The van der Waals surface area contributed by atoms with Gasteiger partial charge < -0.3 is 9.47 Å². The zero-order chi connectivity index (χ0) is 11.3. The molecule has 1 aromatic carbocycles. The van der Waals surface area contributed by atoms with Crippen molar-refractivity contribution in [1.29, 1.82) is 0 Å². The second kappa shape index (κ2) is 3.31. The fourth-order valence-electron chi connectivity index (χ4n) is 2.95. The van der Waals surface area contributed by atoms with E-state index in [4.69, 9.17) is 9.47 Å². The second-order valence-electron chi connectivity index (χ2n) is 5.43. The van der Waals surface area contributed by atoms with Crippen molar-refractivity contribution in [3.8, 4) is 0 Å². The van der Waals surface area contributed by atoms with Crippen LogP contribution >= 0.6 is 0 Å². The average molecular weight is 218 g/mol. The lowest BCUT2D eigenvalue weighted by atomic mass is 9.85. The third-order valence-electron chi connectivity index (χ3n) is 3.78. The molecule has 3 rings (SSSR count). The molecule has 3 atom stereocenters. The van der Waals surface area contributed by atoms with Crippen LogP contribution in [0.25, 0.3) is 0 Å². The molecule has 0 radical (unpaired) electrons. The van der Waals surface area contributed by atoms with Crippen LogP contribution < -0.4 is 0 Å². The Bertz CT molecular complexity index is 427. The lowest BCUT2D eigenvalue weighted by Gasteiger charge is -2.39. The van der Waals surface area contributed by atoms with E-state index in [0.717, 1.165) is 13.0 Å². The molecule has 1 aromatic rings. The molecule has 2 aliphatic rings. The van der Waals surface area contributed by atoms with E-state index in [9.17, 15) is 0 Å². The predicted octanol–water partition coefficient (Wildman–Crippen LogP) is 2.99. The molecule has 1 aliphatic carbocycles. The van der Waals surface area contributed by atoms with Crippen LogP contribution in [0.15, 0.2) is 18.2 Å². The Hall–Kier alpha value is -0.860. The first-order valence-electron chi connectivity index (χ1n) is 5.95. The summed E-state index contributed by atoms with van der Waals surface area (Å²) in [6.07, 6.45) is 1.21. The molecule has 0 spiro atoms. The van der Waals surface area contributed by atoms with E-state index >= 15 is 0 Å². The molecule has 2 heteroatoms. The van der Waals surface area contributed by atoms with Gasteiger partial charge in [0.2, 0.25) is 0 Å². The molecule has 0 N–H and O–H groups in total. The highest BCUT2D eigenvalue weighted by atomic mass is 16.7. The van der Waals surface area contributed by atoms with Crippen molar-refractivity contribution >= 4 is 0 Å². The van der Waals surface area contributed by atoms with Crippen molar-refractivity contribution < 1.29 is 9.47 Å². The maximum Gasteiger partial charge on any atom is 0.155 e. The van der Waals surface area contributed by atoms with E-state index in [1.54, 1.807) is 0 Å². The molecule has 0 bridgehead atoms. The van der Waals surface area contributed by atoms with Gasteiger partial charge in [0.25, 0.3) is 0 Å². The van der Waals surface area contributed by atoms with Crippen molar-refractivity contribution in [1.82, 2.24) is 0 Å². The summed E-state index contributed by atoms with van der Waals surface area (Å²) in [5.74, 6) is 0. The molecule has 0 saturated carbocycles. The minimum atomic E-state index is -0.0784. The summed E-state index contributed by atoms with van der Waals surface area (Å²) in [5.41, 5.74) is 4.26. The quantitative estimate of drug-likeness (QED) is 0.666. The lowest BCUT2D eigenvalue weighted by molar-refractivity contribution is -0.253. The van der Waals surface area contributed by atoms with E-state index in [-0.39, 0.29) is 17.8 Å². The van der Waals surface area contributed by atoms with E-state index in [1.165, 1.54) is 16.7 Å². The van der Waals surface area contributed by atoms with E-state index in [0.29, 0.717) is 0 Å². The summed E-state index contributed by atoms with van der Waals surface area (Å²) in [6.45, 7) is 7.18. The molecule has 1 aliphatic heterocycles. The van der Waals surface area contributed by atoms with Gasteiger partial charge in [0.15, 0.2) is 6.29 Å². The molecule has 0 unspecified atom stereocenters. The smallest absolute Gasteiger partial charge is 0.155 e. The molecule has 0 amide bonds. The van der Waals surface area contributed by atoms with Crippen LogP contribution in [0, 0.1) is 12.3 Å². The van der Waals surface area contributed by atoms with Gasteiger partial charge in [0.05, 0.1) is 12.7 Å². The van der Waals surface area contributed by atoms with Gasteiger partial charge in [0, 0.05) is 5.41 Å². The molecule has 1 fully saturated rings. The summed E-state index contributed by atoms with van der Waals surface area (Å²) in [5, 5.41) is 0. The largest absolute Gasteiger partial charge is 0.352 e. The normalized spacial score (nSPS) is 36.9. The zero-order valence-corrected chi connectivity index (χ0v) is 10.1.